The van der Waals surface area contributed by atoms with Gasteiger partial charge < -0.3 is 15.4 Å². The van der Waals surface area contributed by atoms with Crippen LogP contribution in [0.5, 0.6) is 11.5 Å². The van der Waals surface area contributed by atoms with Crippen molar-refractivity contribution in [3.63, 3.8) is 0 Å². The normalized spacial score (nSPS) is 11.6. The summed E-state index contributed by atoms with van der Waals surface area (Å²) in [5.41, 5.74) is 0.0789. The van der Waals surface area contributed by atoms with Crippen molar-refractivity contribution in [1.29, 1.82) is 0 Å². The minimum atomic E-state index is -4.96. The first-order valence-electron chi connectivity index (χ1n) is 11.6. The highest BCUT2D eigenvalue weighted by atomic mass is 32.2. The molecule has 2 amide bonds. The Labute approximate surface area is 238 Å². The summed E-state index contributed by atoms with van der Waals surface area (Å²) in [5.74, 6) is -2.90. The average Bonchev–Trinajstić information content (AvgIpc) is 2.92. The van der Waals surface area contributed by atoms with Crippen molar-refractivity contribution in [3.05, 3.63) is 97.1 Å². The standard InChI is InChI=1S/C28H18F6N2O3S2/c29-27(30,31)25(37)35-17-1-9-21(10-2-17)40-23-13-5-19(6-14-23)39-20-7-15-24(16-8-20)41-22-11-3-18(4-12-22)36-26(38)28(32,33)34/h1-16H,(H,35,37)(H,36,38). The van der Waals surface area contributed by atoms with Gasteiger partial charge in [-0.2, -0.15) is 26.3 Å². The monoisotopic (exact) mass is 608 g/mol. The van der Waals surface area contributed by atoms with E-state index in [1.54, 1.807) is 59.2 Å². The van der Waals surface area contributed by atoms with E-state index in [0.29, 0.717) is 11.5 Å². The number of hydrogen-bond donors (Lipinski definition) is 2. The second-order valence-electron chi connectivity index (χ2n) is 8.20. The summed E-state index contributed by atoms with van der Waals surface area (Å²) in [5, 5.41) is 3.59. The molecule has 0 fully saturated rings. The first kappa shape index (κ1) is 29.9. The molecule has 0 aliphatic heterocycles. The summed E-state index contributed by atoms with van der Waals surface area (Å²) in [6.07, 6.45) is -9.92. The van der Waals surface area contributed by atoms with Gasteiger partial charge in [-0.15, -0.1) is 0 Å². The van der Waals surface area contributed by atoms with Crippen molar-refractivity contribution in [2.24, 2.45) is 0 Å². The summed E-state index contributed by atoms with van der Waals surface area (Å²) in [4.78, 5) is 25.3. The van der Waals surface area contributed by atoms with Crippen LogP contribution in [0.4, 0.5) is 37.7 Å². The summed E-state index contributed by atoms with van der Waals surface area (Å²) in [6.45, 7) is 0. The summed E-state index contributed by atoms with van der Waals surface area (Å²) in [6, 6.07) is 26.3. The van der Waals surface area contributed by atoms with Gasteiger partial charge in [-0.25, -0.2) is 0 Å². The fourth-order valence-electron chi connectivity index (χ4n) is 3.18. The van der Waals surface area contributed by atoms with Crippen LogP contribution in [0.2, 0.25) is 0 Å². The zero-order valence-corrected chi connectivity index (χ0v) is 22.2. The SMILES string of the molecule is O=C(Nc1ccc(Sc2ccc(Oc3ccc(Sc4ccc(NC(=O)C(F)(F)F)cc4)cc3)cc2)cc1)C(F)(F)F. The van der Waals surface area contributed by atoms with Crippen molar-refractivity contribution in [2.45, 2.75) is 31.9 Å². The van der Waals surface area contributed by atoms with E-state index in [-0.39, 0.29) is 11.4 Å². The van der Waals surface area contributed by atoms with Gasteiger partial charge in [0.05, 0.1) is 0 Å². The van der Waals surface area contributed by atoms with Gasteiger partial charge in [0.2, 0.25) is 0 Å². The third-order valence-electron chi connectivity index (χ3n) is 5.09. The fourth-order valence-corrected chi connectivity index (χ4v) is 4.81. The molecular formula is C28H18F6N2O3S2. The lowest BCUT2D eigenvalue weighted by atomic mass is 10.3. The number of benzene rings is 4. The molecule has 0 aromatic heterocycles. The molecule has 0 bridgehead atoms. The Balaban J connectivity index is 1.28. The highest BCUT2D eigenvalue weighted by Crippen LogP contribution is 2.33. The van der Waals surface area contributed by atoms with Crippen molar-refractivity contribution in [3.8, 4) is 11.5 Å². The fraction of sp³-hybridized carbons (Fsp3) is 0.0714. The number of anilines is 2. The molecule has 13 heteroatoms. The van der Waals surface area contributed by atoms with E-state index in [1.165, 1.54) is 47.8 Å². The van der Waals surface area contributed by atoms with E-state index in [0.717, 1.165) is 19.6 Å². The zero-order valence-electron chi connectivity index (χ0n) is 20.5. The number of carbonyl (C=O) groups excluding carboxylic acids is 2. The maximum Gasteiger partial charge on any atom is 0.471 e. The molecule has 0 spiro atoms. The second kappa shape index (κ2) is 12.6. The number of nitrogens with one attached hydrogen (secondary N) is 2. The van der Waals surface area contributed by atoms with Crippen LogP contribution in [0, 0.1) is 0 Å². The number of halogens is 6. The van der Waals surface area contributed by atoms with Crippen molar-refractivity contribution < 1.29 is 40.7 Å². The number of carbonyl (C=O) groups is 2. The molecule has 41 heavy (non-hydrogen) atoms. The Kier molecular flexibility index (Phi) is 9.18. The van der Waals surface area contributed by atoms with Gasteiger partial charge in [-0.1, -0.05) is 23.5 Å². The van der Waals surface area contributed by atoms with E-state index in [2.05, 4.69) is 0 Å². The Morgan fingerprint density at radius 1 is 0.488 bits per heavy atom. The van der Waals surface area contributed by atoms with Crippen molar-refractivity contribution in [2.75, 3.05) is 10.6 Å². The molecule has 212 valence electrons. The quantitative estimate of drug-likeness (QED) is 0.196. The smallest absolute Gasteiger partial charge is 0.457 e. The minimum absolute atomic E-state index is 0.0394. The van der Waals surface area contributed by atoms with E-state index in [1.807, 2.05) is 24.3 Å². The average molecular weight is 609 g/mol. The number of amides is 2. The Hall–Kier alpha value is -4.10. The molecule has 0 saturated heterocycles. The Morgan fingerprint density at radius 3 is 1.02 bits per heavy atom. The predicted octanol–water partition coefficient (Wildman–Crippen LogP) is 8.78. The van der Waals surface area contributed by atoms with E-state index >= 15 is 0 Å². The first-order chi connectivity index (χ1) is 19.3. The number of rotatable bonds is 8. The van der Waals surface area contributed by atoms with Gasteiger partial charge in [0.1, 0.15) is 11.5 Å². The third-order valence-corrected chi connectivity index (χ3v) is 7.13. The van der Waals surface area contributed by atoms with Crippen LogP contribution < -0.4 is 15.4 Å². The van der Waals surface area contributed by atoms with Gasteiger partial charge in [0, 0.05) is 31.0 Å². The lowest BCUT2D eigenvalue weighted by molar-refractivity contribution is -0.167. The van der Waals surface area contributed by atoms with Crippen LogP contribution in [0.25, 0.3) is 0 Å². The zero-order chi connectivity index (χ0) is 29.6. The molecule has 2 N–H and O–H groups in total. The van der Waals surface area contributed by atoms with Gasteiger partial charge in [0.15, 0.2) is 0 Å². The first-order valence-corrected chi connectivity index (χ1v) is 13.2. The lowest BCUT2D eigenvalue weighted by Crippen LogP contribution is -2.29. The van der Waals surface area contributed by atoms with E-state index < -0.39 is 24.2 Å². The highest BCUT2D eigenvalue weighted by Gasteiger charge is 2.39. The maximum atomic E-state index is 12.4. The van der Waals surface area contributed by atoms with Crippen molar-refractivity contribution >= 4 is 46.7 Å². The van der Waals surface area contributed by atoms with Gasteiger partial charge in [-0.3, -0.25) is 9.59 Å². The molecule has 0 saturated carbocycles. The molecular weight excluding hydrogens is 590 g/mol. The largest absolute Gasteiger partial charge is 0.471 e. The molecule has 0 radical (unpaired) electrons. The van der Waals surface area contributed by atoms with Gasteiger partial charge in [-0.05, 0) is 97.1 Å². The second-order valence-corrected chi connectivity index (χ2v) is 10.5. The van der Waals surface area contributed by atoms with Crippen LogP contribution in [0.1, 0.15) is 0 Å². The molecule has 4 aromatic carbocycles. The van der Waals surface area contributed by atoms with Gasteiger partial charge in [0.25, 0.3) is 0 Å². The van der Waals surface area contributed by atoms with E-state index in [4.69, 9.17) is 4.74 Å². The van der Waals surface area contributed by atoms with Gasteiger partial charge >= 0.3 is 24.2 Å². The van der Waals surface area contributed by atoms with Crippen LogP contribution in [-0.2, 0) is 9.59 Å². The van der Waals surface area contributed by atoms with Crippen LogP contribution in [-0.4, -0.2) is 24.2 Å². The van der Waals surface area contributed by atoms with Crippen LogP contribution >= 0.6 is 23.5 Å². The molecule has 0 atom stereocenters. The minimum Gasteiger partial charge on any atom is -0.457 e. The molecule has 0 heterocycles. The predicted molar refractivity (Wildman–Crippen MR) is 143 cm³/mol. The molecule has 4 rings (SSSR count). The molecule has 0 unspecified atom stereocenters. The van der Waals surface area contributed by atoms with Crippen molar-refractivity contribution in [1.82, 2.24) is 0 Å². The summed E-state index contributed by atoms with van der Waals surface area (Å²) < 4.78 is 80.1. The molecule has 4 aromatic rings. The summed E-state index contributed by atoms with van der Waals surface area (Å²) in [7, 11) is 0. The lowest BCUT2D eigenvalue weighted by Gasteiger charge is -2.10. The number of alkyl halides is 6. The molecule has 0 aliphatic rings. The topological polar surface area (TPSA) is 67.4 Å². The number of ether oxygens (including phenoxy) is 1. The third kappa shape index (κ3) is 8.95. The summed E-state index contributed by atoms with van der Waals surface area (Å²) >= 11 is 2.76. The maximum absolute atomic E-state index is 12.4. The Bertz CT molecular complexity index is 1380. The molecule has 5 nitrogen and oxygen atoms in total. The highest BCUT2D eigenvalue weighted by molar-refractivity contribution is 7.99. The van der Waals surface area contributed by atoms with Crippen LogP contribution in [0.3, 0.4) is 0 Å². The Morgan fingerprint density at radius 2 is 0.756 bits per heavy atom. The number of hydrogen-bond acceptors (Lipinski definition) is 5. The van der Waals surface area contributed by atoms with Crippen LogP contribution in [0.15, 0.2) is 117 Å². The van der Waals surface area contributed by atoms with E-state index in [9.17, 15) is 35.9 Å². The molecule has 0 aliphatic carbocycles.